The van der Waals surface area contributed by atoms with E-state index in [2.05, 4.69) is 35.6 Å². The first-order valence-electron chi connectivity index (χ1n) is 8.29. The van der Waals surface area contributed by atoms with Gasteiger partial charge in [0.1, 0.15) is 0 Å². The van der Waals surface area contributed by atoms with E-state index in [9.17, 15) is 4.79 Å². The Balaban J connectivity index is 1.51. The third-order valence-corrected chi connectivity index (χ3v) is 5.52. The second-order valence-electron chi connectivity index (χ2n) is 6.77. The van der Waals surface area contributed by atoms with Gasteiger partial charge in [0.15, 0.2) is 0 Å². The number of rotatable bonds is 4. The number of hydrogen-bond donors (Lipinski definition) is 2. The zero-order valence-corrected chi connectivity index (χ0v) is 12.7. The lowest BCUT2D eigenvalue weighted by Gasteiger charge is -2.41. The van der Waals surface area contributed by atoms with Gasteiger partial charge in [0, 0.05) is 12.6 Å². The normalized spacial score (nSPS) is 27.7. The largest absolute Gasteiger partial charge is 0.353 e. The molecule has 3 heteroatoms. The molecule has 0 saturated heterocycles. The molecular weight excluding hydrogens is 260 g/mol. The number of nitrogens with two attached hydrogens (primary N) is 1. The van der Waals surface area contributed by atoms with E-state index in [0.29, 0.717) is 18.5 Å². The van der Waals surface area contributed by atoms with Crippen LogP contribution in [0.4, 0.5) is 0 Å². The van der Waals surface area contributed by atoms with E-state index in [-0.39, 0.29) is 11.3 Å². The van der Waals surface area contributed by atoms with Crippen molar-refractivity contribution in [1.82, 2.24) is 5.32 Å². The maximum absolute atomic E-state index is 12.4. The van der Waals surface area contributed by atoms with E-state index in [1.54, 1.807) is 0 Å². The molecule has 0 atom stereocenters. The molecule has 0 bridgehead atoms. The van der Waals surface area contributed by atoms with Gasteiger partial charge in [0.25, 0.3) is 0 Å². The van der Waals surface area contributed by atoms with Crippen LogP contribution in [0.3, 0.4) is 0 Å². The Morgan fingerprint density at radius 2 is 1.81 bits per heavy atom. The van der Waals surface area contributed by atoms with Gasteiger partial charge < -0.3 is 11.1 Å². The fraction of sp³-hybridized carbons (Fsp3) is 0.611. The molecule has 1 aromatic carbocycles. The van der Waals surface area contributed by atoms with Crippen LogP contribution in [-0.4, -0.2) is 18.5 Å². The van der Waals surface area contributed by atoms with Crippen molar-refractivity contribution in [2.45, 2.75) is 56.9 Å². The fourth-order valence-electron chi connectivity index (χ4n) is 3.76. The van der Waals surface area contributed by atoms with Crippen molar-refractivity contribution in [3.8, 4) is 0 Å². The van der Waals surface area contributed by atoms with Crippen LogP contribution in [0.25, 0.3) is 0 Å². The van der Waals surface area contributed by atoms with Gasteiger partial charge in [-0.3, -0.25) is 4.79 Å². The maximum Gasteiger partial charge on any atom is 0.227 e. The molecule has 2 saturated carbocycles. The minimum absolute atomic E-state index is 0.208. The van der Waals surface area contributed by atoms with Crippen LogP contribution in [0.2, 0.25) is 0 Å². The van der Waals surface area contributed by atoms with Crippen molar-refractivity contribution in [1.29, 1.82) is 0 Å². The molecule has 0 heterocycles. The molecule has 0 unspecified atom stereocenters. The molecule has 0 aliphatic heterocycles. The summed E-state index contributed by atoms with van der Waals surface area (Å²) < 4.78 is 0. The highest BCUT2D eigenvalue weighted by molar-refractivity contribution is 5.84. The van der Waals surface area contributed by atoms with Crippen LogP contribution in [0, 0.1) is 5.41 Å². The second-order valence-corrected chi connectivity index (χ2v) is 6.77. The molecular formula is C18H26N2O. The molecule has 0 radical (unpaired) electrons. The van der Waals surface area contributed by atoms with E-state index in [0.717, 1.165) is 32.1 Å². The Kier molecular flexibility index (Phi) is 4.29. The van der Waals surface area contributed by atoms with Gasteiger partial charge in [0.05, 0.1) is 5.41 Å². The third kappa shape index (κ3) is 2.98. The smallest absolute Gasteiger partial charge is 0.227 e. The van der Waals surface area contributed by atoms with Crippen LogP contribution in [-0.2, 0) is 4.79 Å². The van der Waals surface area contributed by atoms with Crippen LogP contribution < -0.4 is 11.1 Å². The van der Waals surface area contributed by atoms with Crippen LogP contribution in [0.5, 0.6) is 0 Å². The average molecular weight is 286 g/mol. The van der Waals surface area contributed by atoms with E-state index in [1.807, 2.05) is 0 Å². The number of carbonyl (C=O) groups excluding carboxylic acids is 1. The highest BCUT2D eigenvalue weighted by Crippen LogP contribution is 2.40. The van der Waals surface area contributed by atoms with E-state index in [4.69, 9.17) is 5.73 Å². The molecule has 2 aliphatic rings. The topological polar surface area (TPSA) is 55.1 Å². The number of nitrogens with one attached hydrogen (secondary N) is 1. The lowest BCUT2D eigenvalue weighted by atomic mass is 9.68. The number of benzene rings is 1. The van der Waals surface area contributed by atoms with Gasteiger partial charge in [0.2, 0.25) is 5.91 Å². The van der Waals surface area contributed by atoms with Crippen molar-refractivity contribution in [2.24, 2.45) is 11.1 Å². The number of hydrogen-bond acceptors (Lipinski definition) is 2. The lowest BCUT2D eigenvalue weighted by Crippen LogP contribution is -2.53. The van der Waals surface area contributed by atoms with Gasteiger partial charge >= 0.3 is 0 Å². The second kappa shape index (κ2) is 6.18. The maximum atomic E-state index is 12.4. The van der Waals surface area contributed by atoms with Crippen molar-refractivity contribution < 1.29 is 4.79 Å². The Morgan fingerprint density at radius 1 is 1.14 bits per heavy atom. The predicted molar refractivity (Wildman–Crippen MR) is 84.9 cm³/mol. The van der Waals surface area contributed by atoms with Crippen LogP contribution in [0.1, 0.15) is 56.4 Å². The Labute approximate surface area is 127 Å². The molecule has 114 valence electrons. The van der Waals surface area contributed by atoms with E-state index >= 15 is 0 Å². The van der Waals surface area contributed by atoms with Gasteiger partial charge in [-0.2, -0.15) is 0 Å². The Morgan fingerprint density at radius 3 is 2.33 bits per heavy atom. The summed E-state index contributed by atoms with van der Waals surface area (Å²) in [6.45, 7) is 0.498. The van der Waals surface area contributed by atoms with Gasteiger partial charge in [-0.25, -0.2) is 0 Å². The molecule has 0 spiro atoms. The molecule has 3 N–H and O–H groups in total. The lowest BCUT2D eigenvalue weighted by molar-refractivity contribution is -0.136. The van der Waals surface area contributed by atoms with E-state index in [1.165, 1.54) is 18.4 Å². The van der Waals surface area contributed by atoms with E-state index < -0.39 is 0 Å². The van der Waals surface area contributed by atoms with Gasteiger partial charge in [-0.1, -0.05) is 36.8 Å². The van der Waals surface area contributed by atoms with Crippen LogP contribution >= 0.6 is 0 Å². The molecule has 3 rings (SSSR count). The standard InChI is InChI=1S/C18H26N2O/c19-13-18(11-4-12-18)17(21)20-16-9-7-15(8-10-16)14-5-2-1-3-6-14/h1-3,5-6,15-16H,4,7-13,19H2,(H,20,21). The molecule has 2 aliphatic carbocycles. The predicted octanol–water partition coefficient (Wildman–Crippen LogP) is 2.96. The summed E-state index contributed by atoms with van der Waals surface area (Å²) in [6, 6.07) is 11.1. The van der Waals surface area contributed by atoms with Crippen LogP contribution in [0.15, 0.2) is 30.3 Å². The first-order chi connectivity index (χ1) is 10.2. The zero-order chi connectivity index (χ0) is 14.7. The first-order valence-corrected chi connectivity index (χ1v) is 8.29. The van der Waals surface area contributed by atoms with Gasteiger partial charge in [-0.15, -0.1) is 0 Å². The summed E-state index contributed by atoms with van der Waals surface area (Å²) in [5.41, 5.74) is 7.02. The fourth-order valence-corrected chi connectivity index (χ4v) is 3.76. The summed E-state index contributed by atoms with van der Waals surface area (Å²) in [6.07, 6.45) is 7.60. The quantitative estimate of drug-likeness (QED) is 0.894. The molecule has 0 aromatic heterocycles. The Hall–Kier alpha value is -1.35. The SMILES string of the molecule is NCC1(C(=O)NC2CCC(c3ccccc3)CC2)CCC1. The summed E-state index contributed by atoms with van der Waals surface area (Å²) in [7, 11) is 0. The van der Waals surface area contributed by atoms with Crippen molar-refractivity contribution >= 4 is 5.91 Å². The number of amides is 1. The minimum atomic E-state index is -0.240. The summed E-state index contributed by atoms with van der Waals surface area (Å²) in [5, 5.41) is 3.27. The summed E-state index contributed by atoms with van der Waals surface area (Å²) >= 11 is 0. The minimum Gasteiger partial charge on any atom is -0.353 e. The average Bonchev–Trinajstić information content (AvgIpc) is 2.48. The third-order valence-electron chi connectivity index (χ3n) is 5.52. The zero-order valence-electron chi connectivity index (χ0n) is 12.7. The van der Waals surface area contributed by atoms with Gasteiger partial charge in [-0.05, 0) is 50.0 Å². The number of carbonyl (C=O) groups is 1. The molecule has 1 aromatic rings. The molecule has 2 fully saturated rings. The summed E-state index contributed by atoms with van der Waals surface area (Å²) in [4.78, 5) is 12.4. The van der Waals surface area contributed by atoms with Crippen molar-refractivity contribution in [3.63, 3.8) is 0 Å². The molecule has 21 heavy (non-hydrogen) atoms. The highest BCUT2D eigenvalue weighted by atomic mass is 16.2. The van der Waals surface area contributed by atoms with Crippen molar-refractivity contribution in [2.75, 3.05) is 6.54 Å². The first kappa shape index (κ1) is 14.6. The molecule has 3 nitrogen and oxygen atoms in total. The summed E-state index contributed by atoms with van der Waals surface area (Å²) in [5.74, 6) is 0.867. The molecule has 1 amide bonds. The monoisotopic (exact) mass is 286 g/mol. The highest BCUT2D eigenvalue weighted by Gasteiger charge is 2.43. The van der Waals surface area contributed by atoms with Crippen molar-refractivity contribution in [3.05, 3.63) is 35.9 Å². The Bertz CT molecular complexity index is 468.